The standard InChI is InChI=1S/C15H23NO2S/c1-2-6-12-13(9-10-14(17)18)19-15(16-12)11-7-4-3-5-8-11/h11H,2-10H2,1H3,(H,17,18). The number of aliphatic carboxylic acids is 1. The zero-order valence-electron chi connectivity index (χ0n) is 11.7. The van der Waals surface area contributed by atoms with Gasteiger partial charge in [-0.1, -0.05) is 32.6 Å². The molecule has 0 amide bonds. The van der Waals surface area contributed by atoms with Gasteiger partial charge < -0.3 is 5.11 Å². The molecule has 4 heteroatoms. The highest BCUT2D eigenvalue weighted by Crippen LogP contribution is 2.36. The molecule has 1 heterocycles. The van der Waals surface area contributed by atoms with Gasteiger partial charge in [-0.2, -0.15) is 0 Å². The molecule has 1 N–H and O–H groups in total. The Morgan fingerprint density at radius 1 is 1.32 bits per heavy atom. The minimum absolute atomic E-state index is 0.225. The SMILES string of the molecule is CCCc1nc(C2CCCCC2)sc1CCC(=O)O. The van der Waals surface area contributed by atoms with Crippen LogP contribution in [-0.4, -0.2) is 16.1 Å². The first-order valence-electron chi connectivity index (χ1n) is 7.41. The number of rotatable bonds is 6. The van der Waals surface area contributed by atoms with E-state index in [1.54, 1.807) is 11.3 Å². The minimum Gasteiger partial charge on any atom is -0.481 e. The Bertz CT molecular complexity index is 422. The molecule has 1 aliphatic rings. The molecule has 0 bridgehead atoms. The van der Waals surface area contributed by atoms with Crippen molar-refractivity contribution in [1.82, 2.24) is 4.98 Å². The van der Waals surface area contributed by atoms with Gasteiger partial charge in [0.05, 0.1) is 17.1 Å². The second-order valence-electron chi connectivity index (χ2n) is 5.40. The molecule has 1 aliphatic carbocycles. The molecule has 0 spiro atoms. The highest BCUT2D eigenvalue weighted by atomic mass is 32.1. The quantitative estimate of drug-likeness (QED) is 0.851. The van der Waals surface area contributed by atoms with Crippen molar-refractivity contribution in [3.8, 4) is 0 Å². The molecule has 0 unspecified atom stereocenters. The zero-order chi connectivity index (χ0) is 13.7. The maximum absolute atomic E-state index is 10.7. The molecular weight excluding hydrogens is 258 g/mol. The average Bonchev–Trinajstić information content (AvgIpc) is 2.81. The number of carbonyl (C=O) groups is 1. The molecule has 0 atom stereocenters. The Morgan fingerprint density at radius 2 is 2.05 bits per heavy atom. The van der Waals surface area contributed by atoms with Crippen LogP contribution in [0.1, 0.15) is 73.4 Å². The van der Waals surface area contributed by atoms with Crippen molar-refractivity contribution in [2.75, 3.05) is 0 Å². The van der Waals surface area contributed by atoms with E-state index in [0.29, 0.717) is 12.3 Å². The summed E-state index contributed by atoms with van der Waals surface area (Å²) in [4.78, 5) is 16.8. The molecule has 1 fully saturated rings. The summed E-state index contributed by atoms with van der Waals surface area (Å²) in [6, 6.07) is 0. The Morgan fingerprint density at radius 3 is 2.68 bits per heavy atom. The number of aryl methyl sites for hydroxylation is 2. The van der Waals surface area contributed by atoms with Crippen LogP contribution in [0.2, 0.25) is 0 Å². The third kappa shape index (κ3) is 4.03. The summed E-state index contributed by atoms with van der Waals surface area (Å²) in [5.41, 5.74) is 1.16. The average molecular weight is 281 g/mol. The lowest BCUT2D eigenvalue weighted by atomic mass is 9.90. The lowest BCUT2D eigenvalue weighted by Crippen LogP contribution is -2.04. The van der Waals surface area contributed by atoms with Gasteiger partial charge in [-0.15, -0.1) is 11.3 Å². The van der Waals surface area contributed by atoms with Crippen LogP contribution in [0.4, 0.5) is 0 Å². The predicted octanol–water partition coefficient (Wildman–Crippen LogP) is 4.16. The van der Waals surface area contributed by atoms with Crippen molar-refractivity contribution in [3.63, 3.8) is 0 Å². The van der Waals surface area contributed by atoms with Crippen LogP contribution in [-0.2, 0) is 17.6 Å². The van der Waals surface area contributed by atoms with Crippen LogP contribution in [0.25, 0.3) is 0 Å². The van der Waals surface area contributed by atoms with Crippen LogP contribution in [0.15, 0.2) is 0 Å². The Labute approximate surface area is 119 Å². The van der Waals surface area contributed by atoms with Crippen molar-refractivity contribution in [1.29, 1.82) is 0 Å². The molecule has 106 valence electrons. The molecule has 0 aromatic carbocycles. The van der Waals surface area contributed by atoms with E-state index < -0.39 is 5.97 Å². The Kier molecular flexibility index (Phi) is 5.37. The van der Waals surface area contributed by atoms with E-state index >= 15 is 0 Å². The van der Waals surface area contributed by atoms with Crippen molar-refractivity contribution in [2.45, 2.75) is 70.6 Å². The summed E-state index contributed by atoms with van der Waals surface area (Å²) >= 11 is 1.77. The fourth-order valence-electron chi connectivity index (χ4n) is 2.78. The molecular formula is C15H23NO2S. The van der Waals surface area contributed by atoms with E-state index in [2.05, 4.69) is 6.92 Å². The van der Waals surface area contributed by atoms with Crippen LogP contribution in [0.3, 0.4) is 0 Å². The van der Waals surface area contributed by atoms with Crippen molar-refractivity contribution in [3.05, 3.63) is 15.6 Å². The largest absolute Gasteiger partial charge is 0.481 e. The fourth-order valence-corrected chi connectivity index (χ4v) is 4.06. The van der Waals surface area contributed by atoms with Gasteiger partial charge in [-0.05, 0) is 25.7 Å². The van der Waals surface area contributed by atoms with E-state index in [1.165, 1.54) is 42.0 Å². The smallest absolute Gasteiger partial charge is 0.303 e. The van der Waals surface area contributed by atoms with Gasteiger partial charge >= 0.3 is 5.97 Å². The first-order valence-corrected chi connectivity index (χ1v) is 8.22. The maximum atomic E-state index is 10.7. The Balaban J connectivity index is 2.11. The van der Waals surface area contributed by atoms with Crippen LogP contribution >= 0.6 is 11.3 Å². The van der Waals surface area contributed by atoms with Gasteiger partial charge in [0.2, 0.25) is 0 Å². The summed E-state index contributed by atoms with van der Waals surface area (Å²) in [6.07, 6.45) is 9.45. The number of thiazole rings is 1. The minimum atomic E-state index is -0.713. The molecule has 19 heavy (non-hydrogen) atoms. The summed E-state index contributed by atoms with van der Waals surface area (Å²) in [6.45, 7) is 2.15. The molecule has 2 rings (SSSR count). The lowest BCUT2D eigenvalue weighted by Gasteiger charge is -2.18. The van der Waals surface area contributed by atoms with E-state index in [1.807, 2.05) is 0 Å². The summed E-state index contributed by atoms with van der Waals surface area (Å²) in [5, 5.41) is 10.1. The number of hydrogen-bond acceptors (Lipinski definition) is 3. The normalized spacial score (nSPS) is 16.7. The van der Waals surface area contributed by atoms with Gasteiger partial charge in [0.25, 0.3) is 0 Å². The highest BCUT2D eigenvalue weighted by molar-refractivity contribution is 7.11. The van der Waals surface area contributed by atoms with Gasteiger partial charge in [0, 0.05) is 10.8 Å². The van der Waals surface area contributed by atoms with Gasteiger partial charge in [0.15, 0.2) is 0 Å². The second kappa shape index (κ2) is 7.04. The van der Waals surface area contributed by atoms with Crippen LogP contribution in [0, 0.1) is 0 Å². The molecule has 1 saturated carbocycles. The van der Waals surface area contributed by atoms with E-state index in [4.69, 9.17) is 10.1 Å². The van der Waals surface area contributed by atoms with Crippen molar-refractivity contribution in [2.24, 2.45) is 0 Å². The van der Waals surface area contributed by atoms with Gasteiger partial charge in [0.1, 0.15) is 0 Å². The summed E-state index contributed by atoms with van der Waals surface area (Å²) in [5.74, 6) is -0.0806. The number of carboxylic acids is 1. The van der Waals surface area contributed by atoms with Gasteiger partial charge in [-0.3, -0.25) is 4.79 Å². The number of carboxylic acid groups (broad SMARTS) is 1. The number of nitrogens with zero attached hydrogens (tertiary/aromatic N) is 1. The molecule has 0 saturated heterocycles. The molecule has 1 aromatic heterocycles. The fraction of sp³-hybridized carbons (Fsp3) is 0.733. The monoisotopic (exact) mass is 281 g/mol. The summed E-state index contributed by atoms with van der Waals surface area (Å²) in [7, 11) is 0. The first kappa shape index (κ1) is 14.5. The van der Waals surface area contributed by atoms with E-state index in [9.17, 15) is 4.79 Å². The third-order valence-corrected chi connectivity index (χ3v) is 5.12. The lowest BCUT2D eigenvalue weighted by molar-refractivity contribution is -0.136. The number of aromatic nitrogens is 1. The third-order valence-electron chi connectivity index (χ3n) is 3.80. The highest BCUT2D eigenvalue weighted by Gasteiger charge is 2.21. The van der Waals surface area contributed by atoms with E-state index in [0.717, 1.165) is 18.5 Å². The van der Waals surface area contributed by atoms with Crippen molar-refractivity contribution < 1.29 is 9.90 Å². The van der Waals surface area contributed by atoms with Crippen LogP contribution in [0.5, 0.6) is 0 Å². The van der Waals surface area contributed by atoms with E-state index in [-0.39, 0.29) is 6.42 Å². The molecule has 3 nitrogen and oxygen atoms in total. The second-order valence-corrected chi connectivity index (χ2v) is 6.52. The maximum Gasteiger partial charge on any atom is 0.303 e. The summed E-state index contributed by atoms with van der Waals surface area (Å²) < 4.78 is 0. The van der Waals surface area contributed by atoms with Gasteiger partial charge in [-0.25, -0.2) is 4.98 Å². The molecule has 0 radical (unpaired) electrons. The molecule has 1 aromatic rings. The Hall–Kier alpha value is -0.900. The molecule has 0 aliphatic heterocycles. The zero-order valence-corrected chi connectivity index (χ0v) is 12.5. The van der Waals surface area contributed by atoms with Crippen molar-refractivity contribution >= 4 is 17.3 Å². The van der Waals surface area contributed by atoms with Crippen LogP contribution < -0.4 is 0 Å². The number of hydrogen-bond donors (Lipinski definition) is 1. The topological polar surface area (TPSA) is 50.2 Å². The first-order chi connectivity index (χ1) is 9.20. The predicted molar refractivity (Wildman–Crippen MR) is 77.9 cm³/mol.